The summed E-state index contributed by atoms with van der Waals surface area (Å²) in [5.74, 6) is -0.477. The van der Waals surface area contributed by atoms with Gasteiger partial charge in [-0.05, 0) is 61.0 Å². The molecule has 0 bridgehead atoms. The molecule has 1 N–H and O–H groups in total. The van der Waals surface area contributed by atoms with Crippen LogP contribution in [0, 0.1) is 6.92 Å². The minimum Gasteiger partial charge on any atom is -0.322 e. The van der Waals surface area contributed by atoms with Crippen LogP contribution in [-0.4, -0.2) is 10.9 Å². The number of alkyl halides is 3. The Kier molecular flexibility index (Phi) is 5.59. The molecule has 0 atom stereocenters. The van der Waals surface area contributed by atoms with E-state index in [1.807, 2.05) is 37.3 Å². The quantitative estimate of drug-likeness (QED) is 0.617. The van der Waals surface area contributed by atoms with Crippen LogP contribution in [0.4, 0.5) is 18.9 Å². The molecule has 28 heavy (non-hydrogen) atoms. The lowest BCUT2D eigenvalue weighted by Gasteiger charge is -2.10. The number of hydrogen-bond donors (Lipinski definition) is 1. The van der Waals surface area contributed by atoms with E-state index in [2.05, 4.69) is 10.3 Å². The molecule has 6 heteroatoms. The van der Waals surface area contributed by atoms with Crippen molar-refractivity contribution in [3.05, 3.63) is 94.8 Å². The van der Waals surface area contributed by atoms with Gasteiger partial charge in [-0.15, -0.1) is 0 Å². The fourth-order valence-electron chi connectivity index (χ4n) is 2.56. The first-order valence-electron chi connectivity index (χ1n) is 8.52. The number of aromatic nitrogens is 1. The minimum atomic E-state index is -4.46. The van der Waals surface area contributed by atoms with Crippen molar-refractivity contribution >= 4 is 23.7 Å². The van der Waals surface area contributed by atoms with Crippen LogP contribution in [-0.2, 0) is 6.18 Å². The summed E-state index contributed by atoms with van der Waals surface area (Å²) in [7, 11) is 0. The molecule has 3 rings (SSSR count). The number of pyridine rings is 1. The van der Waals surface area contributed by atoms with Crippen molar-refractivity contribution in [1.82, 2.24) is 4.98 Å². The summed E-state index contributed by atoms with van der Waals surface area (Å²) in [6, 6.07) is 17.0. The number of amides is 1. The van der Waals surface area contributed by atoms with Crippen molar-refractivity contribution in [2.45, 2.75) is 13.1 Å². The van der Waals surface area contributed by atoms with Crippen molar-refractivity contribution in [3.8, 4) is 0 Å². The lowest BCUT2D eigenvalue weighted by molar-refractivity contribution is -0.137. The first-order chi connectivity index (χ1) is 13.3. The molecule has 0 aliphatic rings. The van der Waals surface area contributed by atoms with E-state index < -0.39 is 17.6 Å². The fourth-order valence-corrected chi connectivity index (χ4v) is 2.56. The molecule has 0 saturated heterocycles. The Morgan fingerprint density at radius 3 is 2.36 bits per heavy atom. The van der Waals surface area contributed by atoms with Gasteiger partial charge in [-0.3, -0.25) is 9.78 Å². The molecule has 1 heterocycles. The lowest BCUT2D eigenvalue weighted by atomic mass is 10.1. The number of hydrogen-bond acceptors (Lipinski definition) is 2. The van der Waals surface area contributed by atoms with E-state index in [0.29, 0.717) is 5.56 Å². The predicted molar refractivity (Wildman–Crippen MR) is 104 cm³/mol. The van der Waals surface area contributed by atoms with Crippen LogP contribution in [0.15, 0.2) is 66.7 Å². The van der Waals surface area contributed by atoms with Gasteiger partial charge in [-0.2, -0.15) is 13.2 Å². The summed E-state index contributed by atoms with van der Waals surface area (Å²) < 4.78 is 38.3. The Labute approximate surface area is 160 Å². The lowest BCUT2D eigenvalue weighted by Crippen LogP contribution is -2.13. The highest BCUT2D eigenvalue weighted by Crippen LogP contribution is 2.30. The second kappa shape index (κ2) is 8.08. The number of nitrogens with one attached hydrogen (secondary N) is 1. The van der Waals surface area contributed by atoms with Crippen LogP contribution in [0.5, 0.6) is 0 Å². The third-order valence-corrected chi connectivity index (χ3v) is 3.98. The van der Waals surface area contributed by atoms with Crippen molar-refractivity contribution in [3.63, 3.8) is 0 Å². The van der Waals surface area contributed by atoms with Gasteiger partial charge in [0.25, 0.3) is 5.91 Å². The Morgan fingerprint density at radius 1 is 0.964 bits per heavy atom. The molecule has 3 aromatic rings. The Morgan fingerprint density at radius 2 is 1.68 bits per heavy atom. The van der Waals surface area contributed by atoms with Gasteiger partial charge in [0.15, 0.2) is 0 Å². The molecule has 0 spiro atoms. The molecule has 142 valence electrons. The highest BCUT2D eigenvalue weighted by molar-refractivity contribution is 6.04. The summed E-state index contributed by atoms with van der Waals surface area (Å²) in [4.78, 5) is 16.7. The largest absolute Gasteiger partial charge is 0.416 e. The maximum atomic E-state index is 12.8. The molecule has 3 nitrogen and oxygen atoms in total. The number of carbonyl (C=O) groups is 1. The third kappa shape index (κ3) is 5.07. The van der Waals surface area contributed by atoms with Crippen LogP contribution in [0.3, 0.4) is 0 Å². The molecule has 0 saturated carbocycles. The molecular formula is C22H17F3N2O. The zero-order chi connectivity index (χ0) is 20.1. The van der Waals surface area contributed by atoms with Crippen LogP contribution in [0.25, 0.3) is 12.2 Å². The predicted octanol–water partition coefficient (Wildman–Crippen LogP) is 5.83. The van der Waals surface area contributed by atoms with E-state index in [1.165, 1.54) is 12.1 Å². The van der Waals surface area contributed by atoms with E-state index in [-0.39, 0.29) is 5.69 Å². The van der Waals surface area contributed by atoms with E-state index in [4.69, 9.17) is 0 Å². The van der Waals surface area contributed by atoms with Crippen LogP contribution >= 0.6 is 0 Å². The number of carbonyl (C=O) groups excluding carboxylic acids is 1. The molecule has 0 unspecified atom stereocenters. The van der Waals surface area contributed by atoms with Gasteiger partial charge in [0, 0.05) is 16.9 Å². The van der Waals surface area contributed by atoms with E-state index >= 15 is 0 Å². The average molecular weight is 382 g/mol. The smallest absolute Gasteiger partial charge is 0.322 e. The Bertz CT molecular complexity index is 1010. The number of benzene rings is 2. The highest BCUT2D eigenvalue weighted by atomic mass is 19.4. The topological polar surface area (TPSA) is 42.0 Å². The van der Waals surface area contributed by atoms with Gasteiger partial charge in [-0.1, -0.05) is 30.3 Å². The average Bonchev–Trinajstić information content (AvgIpc) is 2.66. The zero-order valence-corrected chi connectivity index (χ0v) is 15.0. The summed E-state index contributed by atoms with van der Waals surface area (Å²) in [6.45, 7) is 1.91. The molecule has 2 aromatic carbocycles. The van der Waals surface area contributed by atoms with E-state index in [0.717, 1.165) is 29.1 Å². The van der Waals surface area contributed by atoms with Crippen molar-refractivity contribution in [1.29, 1.82) is 0 Å². The van der Waals surface area contributed by atoms with E-state index in [1.54, 1.807) is 24.3 Å². The zero-order valence-electron chi connectivity index (χ0n) is 15.0. The van der Waals surface area contributed by atoms with Crippen LogP contribution < -0.4 is 5.32 Å². The standard InChI is InChI=1S/C22H17F3N2O/c1-15-4-2-6-19(26-15)13-10-16-8-11-17(12-9-16)21(28)27-20-7-3-5-18(14-20)22(23,24)25/h2-14H,1H3,(H,27,28). The number of rotatable bonds is 4. The molecular weight excluding hydrogens is 365 g/mol. The monoisotopic (exact) mass is 382 g/mol. The second-order valence-electron chi connectivity index (χ2n) is 6.19. The van der Waals surface area contributed by atoms with E-state index in [9.17, 15) is 18.0 Å². The summed E-state index contributed by atoms with van der Waals surface area (Å²) >= 11 is 0. The van der Waals surface area contributed by atoms with Crippen molar-refractivity contribution in [2.75, 3.05) is 5.32 Å². The maximum absolute atomic E-state index is 12.8. The Balaban J connectivity index is 1.69. The number of anilines is 1. The summed E-state index contributed by atoms with van der Waals surface area (Å²) in [6.07, 6.45) is -0.720. The van der Waals surface area contributed by atoms with Gasteiger partial charge in [0.05, 0.1) is 11.3 Å². The SMILES string of the molecule is Cc1cccc(C=Cc2ccc(C(=O)Nc3cccc(C(F)(F)F)c3)cc2)n1. The van der Waals surface area contributed by atoms with Crippen molar-refractivity contribution in [2.24, 2.45) is 0 Å². The summed E-state index contributed by atoms with van der Waals surface area (Å²) in [5.41, 5.74) is 2.25. The maximum Gasteiger partial charge on any atom is 0.416 e. The van der Waals surface area contributed by atoms with Crippen molar-refractivity contribution < 1.29 is 18.0 Å². The summed E-state index contributed by atoms with van der Waals surface area (Å²) in [5, 5.41) is 2.49. The first-order valence-corrected chi connectivity index (χ1v) is 8.52. The van der Waals surface area contributed by atoms with Crippen LogP contribution in [0.1, 0.15) is 32.9 Å². The van der Waals surface area contributed by atoms with Gasteiger partial charge in [0.2, 0.25) is 0 Å². The van der Waals surface area contributed by atoms with Gasteiger partial charge >= 0.3 is 6.18 Å². The number of aryl methyl sites for hydroxylation is 1. The Hall–Kier alpha value is -3.41. The molecule has 0 fully saturated rings. The fraction of sp³-hybridized carbons (Fsp3) is 0.0909. The molecule has 1 amide bonds. The van der Waals surface area contributed by atoms with Gasteiger partial charge < -0.3 is 5.32 Å². The molecule has 0 aliphatic heterocycles. The minimum absolute atomic E-state index is 0.0920. The number of nitrogens with zero attached hydrogens (tertiary/aromatic N) is 1. The first kappa shape index (κ1) is 19.4. The molecule has 1 aromatic heterocycles. The molecule has 0 aliphatic carbocycles. The molecule has 0 radical (unpaired) electrons. The second-order valence-corrected chi connectivity index (χ2v) is 6.19. The normalized spacial score (nSPS) is 11.6. The third-order valence-electron chi connectivity index (χ3n) is 3.98. The van der Waals surface area contributed by atoms with Gasteiger partial charge in [0.1, 0.15) is 0 Å². The highest BCUT2D eigenvalue weighted by Gasteiger charge is 2.30. The van der Waals surface area contributed by atoms with Gasteiger partial charge in [-0.25, -0.2) is 0 Å². The number of halogens is 3. The van der Waals surface area contributed by atoms with Crippen LogP contribution in [0.2, 0.25) is 0 Å².